The first-order valence-electron chi connectivity index (χ1n) is 12.7. The number of nitrogens with two attached hydrogens (primary N) is 2. The Morgan fingerprint density at radius 2 is 1.68 bits per heavy atom. The van der Waals surface area contributed by atoms with Gasteiger partial charge in [-0.3, -0.25) is 0 Å². The minimum absolute atomic E-state index is 0.0128. The van der Waals surface area contributed by atoms with Gasteiger partial charge in [0, 0.05) is 35.6 Å². The van der Waals surface area contributed by atoms with E-state index in [0.29, 0.717) is 43.0 Å². The van der Waals surface area contributed by atoms with E-state index < -0.39 is 18.3 Å². The van der Waals surface area contributed by atoms with Crippen LogP contribution in [0.1, 0.15) is 48.2 Å². The average molecular weight is 527 g/mol. The molecule has 5 aliphatic rings. The number of hydrogen-bond donors (Lipinski definition) is 5. The monoisotopic (exact) mass is 526 g/mol. The highest BCUT2D eigenvalue weighted by atomic mass is 31.0. The van der Waals surface area contributed by atoms with E-state index in [0.717, 1.165) is 29.9 Å². The van der Waals surface area contributed by atoms with Crippen LogP contribution in [0.15, 0.2) is 24.8 Å². The van der Waals surface area contributed by atoms with Crippen LogP contribution in [-0.2, 0) is 25.4 Å². The van der Waals surface area contributed by atoms with Crippen LogP contribution in [0.4, 0.5) is 11.6 Å². The molecule has 2 aromatic rings. The number of rotatable bonds is 2. The molecule has 7 unspecified atom stereocenters. The molecule has 9 atom stereocenters. The third-order valence-electron chi connectivity index (χ3n) is 8.11. The molecule has 2 saturated heterocycles. The fourth-order valence-corrected chi connectivity index (χ4v) is 6.69. The van der Waals surface area contributed by atoms with Gasteiger partial charge in [0.25, 0.3) is 0 Å². The van der Waals surface area contributed by atoms with Crippen molar-refractivity contribution >= 4 is 20.9 Å². The SMILES string of the molecule is NC1C[C@@H]2CC3(CC4C[C@@H](P)C(N)O4)c4ncnc(c43)NC/C=C/CNc3ncnc4c3C4(O)OC2O1. The van der Waals surface area contributed by atoms with Gasteiger partial charge in [-0.15, -0.1) is 9.24 Å². The van der Waals surface area contributed by atoms with Gasteiger partial charge in [-0.2, -0.15) is 0 Å². The van der Waals surface area contributed by atoms with Crippen LogP contribution in [0.25, 0.3) is 0 Å². The third-order valence-corrected chi connectivity index (χ3v) is 8.76. The fraction of sp³-hybridized carbons (Fsp3) is 0.583. The number of ether oxygens (including phenoxy) is 3. The summed E-state index contributed by atoms with van der Waals surface area (Å²) in [7, 11) is 2.79. The fourth-order valence-electron chi connectivity index (χ4n) is 6.30. The van der Waals surface area contributed by atoms with Crippen LogP contribution in [0, 0.1) is 5.92 Å². The van der Waals surface area contributed by atoms with Gasteiger partial charge in [0.1, 0.15) is 42.4 Å². The summed E-state index contributed by atoms with van der Waals surface area (Å²) in [5.41, 5.74) is 15.3. The molecule has 2 aliphatic carbocycles. The zero-order valence-electron chi connectivity index (χ0n) is 20.2. The Morgan fingerprint density at radius 1 is 0.973 bits per heavy atom. The zero-order valence-corrected chi connectivity index (χ0v) is 21.4. The van der Waals surface area contributed by atoms with Gasteiger partial charge in [0.05, 0.1) is 17.4 Å². The molecule has 196 valence electrons. The zero-order chi connectivity index (χ0) is 25.4. The first kappa shape index (κ1) is 23.8. The van der Waals surface area contributed by atoms with Crippen LogP contribution in [0.5, 0.6) is 0 Å². The number of aromatic nitrogens is 4. The van der Waals surface area contributed by atoms with Crippen molar-refractivity contribution in [3.8, 4) is 0 Å². The van der Waals surface area contributed by atoms with Crippen LogP contribution in [-0.4, -0.2) is 68.6 Å². The Balaban J connectivity index is 1.24. The number of fused-ring (bicyclic) bond motifs is 3. The van der Waals surface area contributed by atoms with Crippen molar-refractivity contribution in [2.75, 3.05) is 23.7 Å². The number of nitrogens with one attached hydrogen (secondary N) is 2. The summed E-state index contributed by atoms with van der Waals surface area (Å²) >= 11 is 0. The number of hydrogen-bond acceptors (Lipinski definition) is 12. The standard InChI is InChI=1S/C24H31N8O4P/c25-14-5-11-7-23(8-12-6-13(37)19(26)34-12)15-17(23)29-9-31-20(15)27-3-1-2-4-28-21-16-18(30-10-32-21)24(16,33)36-22(11)35-14/h1-2,9-14,19,22,33H,3-8,25-26,37H2,(H,27,29,31)(H,28,30,32)/b2-1+/t11-,12?,13-,14?,19?,22?,23?,24?/m1/s1. The molecule has 0 saturated carbocycles. The second-order valence-corrected chi connectivity index (χ2v) is 11.4. The maximum absolute atomic E-state index is 11.4. The van der Waals surface area contributed by atoms with Crippen LogP contribution in [0.2, 0.25) is 0 Å². The normalized spacial score (nSPS) is 40.5. The highest BCUT2D eigenvalue weighted by Gasteiger charge is 2.62. The minimum Gasteiger partial charge on any atom is -0.366 e. The number of aliphatic hydroxyl groups is 1. The Labute approximate surface area is 216 Å². The molecule has 7 rings (SSSR count). The van der Waals surface area contributed by atoms with Gasteiger partial charge in [-0.1, -0.05) is 12.2 Å². The van der Waals surface area contributed by atoms with E-state index in [-0.39, 0.29) is 29.3 Å². The lowest BCUT2D eigenvalue weighted by Crippen LogP contribution is -2.32. The molecule has 0 spiro atoms. The summed E-state index contributed by atoms with van der Waals surface area (Å²) in [6.07, 6.45) is 8.32. The lowest BCUT2D eigenvalue weighted by atomic mass is 9.82. The molecular formula is C24H31N8O4P. The van der Waals surface area contributed by atoms with Crippen molar-refractivity contribution in [2.45, 2.75) is 67.4 Å². The van der Waals surface area contributed by atoms with Gasteiger partial charge in [0.15, 0.2) is 6.29 Å². The number of nitrogens with zero attached hydrogens (tertiary/aromatic N) is 4. The smallest absolute Gasteiger partial charge is 0.246 e. The van der Waals surface area contributed by atoms with Gasteiger partial charge in [-0.25, -0.2) is 19.9 Å². The Morgan fingerprint density at radius 3 is 2.38 bits per heavy atom. The molecular weight excluding hydrogens is 495 g/mol. The van der Waals surface area contributed by atoms with E-state index in [1.807, 2.05) is 12.2 Å². The Hall–Kier alpha value is -2.31. The van der Waals surface area contributed by atoms with Crippen molar-refractivity contribution in [1.82, 2.24) is 19.9 Å². The van der Waals surface area contributed by atoms with E-state index in [4.69, 9.17) is 25.7 Å². The van der Waals surface area contributed by atoms with Gasteiger partial charge < -0.3 is 41.4 Å². The summed E-state index contributed by atoms with van der Waals surface area (Å²) in [6, 6.07) is 0. The van der Waals surface area contributed by atoms with E-state index >= 15 is 0 Å². The summed E-state index contributed by atoms with van der Waals surface area (Å²) in [4.78, 5) is 17.8. The highest BCUT2D eigenvalue weighted by molar-refractivity contribution is 7.17. The van der Waals surface area contributed by atoms with Crippen molar-refractivity contribution < 1.29 is 19.3 Å². The Kier molecular flexibility index (Phi) is 5.53. The van der Waals surface area contributed by atoms with E-state index in [9.17, 15) is 5.11 Å². The van der Waals surface area contributed by atoms with Crippen molar-refractivity contribution in [3.63, 3.8) is 0 Å². The molecule has 2 fully saturated rings. The summed E-state index contributed by atoms with van der Waals surface area (Å²) in [5, 5.41) is 18.1. The van der Waals surface area contributed by atoms with Gasteiger partial charge in [-0.05, 0) is 25.7 Å². The molecule has 0 bridgehead atoms. The first-order chi connectivity index (χ1) is 17.9. The predicted molar refractivity (Wildman–Crippen MR) is 136 cm³/mol. The molecule has 0 aromatic carbocycles. The van der Waals surface area contributed by atoms with Gasteiger partial charge >= 0.3 is 0 Å². The molecule has 0 amide bonds. The van der Waals surface area contributed by atoms with Crippen LogP contribution < -0.4 is 22.1 Å². The second-order valence-electron chi connectivity index (χ2n) is 10.5. The largest absolute Gasteiger partial charge is 0.366 e. The molecule has 2 aromatic heterocycles. The van der Waals surface area contributed by atoms with Crippen molar-refractivity contribution in [3.05, 3.63) is 47.3 Å². The highest BCUT2D eigenvalue weighted by Crippen LogP contribution is 2.61. The van der Waals surface area contributed by atoms with E-state index in [1.54, 1.807) is 6.33 Å². The summed E-state index contributed by atoms with van der Waals surface area (Å²) in [5.74, 6) is -0.398. The minimum atomic E-state index is -1.66. The van der Waals surface area contributed by atoms with E-state index in [2.05, 4.69) is 39.8 Å². The van der Waals surface area contributed by atoms with Crippen molar-refractivity contribution in [1.29, 1.82) is 0 Å². The van der Waals surface area contributed by atoms with Crippen molar-refractivity contribution in [2.24, 2.45) is 17.4 Å². The topological polar surface area (TPSA) is 176 Å². The molecule has 7 N–H and O–H groups in total. The molecule has 3 aliphatic heterocycles. The lowest BCUT2D eigenvalue weighted by Gasteiger charge is -2.27. The lowest BCUT2D eigenvalue weighted by molar-refractivity contribution is -0.261. The molecule has 0 radical (unpaired) electrons. The predicted octanol–water partition coefficient (Wildman–Crippen LogP) is 0.228. The third kappa shape index (κ3) is 3.85. The molecule has 12 nitrogen and oxygen atoms in total. The Bertz CT molecular complexity index is 1260. The first-order valence-corrected chi connectivity index (χ1v) is 13.4. The quantitative estimate of drug-likeness (QED) is 0.266. The number of anilines is 2. The average Bonchev–Trinajstić information content (AvgIpc) is 3.56. The summed E-state index contributed by atoms with van der Waals surface area (Å²) < 4.78 is 18.3. The van der Waals surface area contributed by atoms with E-state index in [1.165, 1.54) is 6.33 Å². The molecule has 37 heavy (non-hydrogen) atoms. The van der Waals surface area contributed by atoms with Crippen LogP contribution >= 0.6 is 9.24 Å². The van der Waals surface area contributed by atoms with Crippen LogP contribution in [0.3, 0.4) is 0 Å². The molecule has 5 heterocycles. The summed E-state index contributed by atoms with van der Waals surface area (Å²) in [6.45, 7) is 1.13. The maximum Gasteiger partial charge on any atom is 0.246 e. The molecule has 13 heteroatoms. The van der Waals surface area contributed by atoms with Gasteiger partial charge in [0.2, 0.25) is 5.79 Å². The second kappa shape index (κ2) is 8.60. The maximum atomic E-state index is 11.4.